The second-order valence-corrected chi connectivity index (χ2v) is 3.55. The van der Waals surface area contributed by atoms with Crippen LogP contribution in [0, 0.1) is 5.82 Å². The highest BCUT2D eigenvalue weighted by Crippen LogP contribution is 2.23. The predicted molar refractivity (Wildman–Crippen MR) is 59.8 cm³/mol. The molecule has 1 aromatic carbocycles. The minimum atomic E-state index is -0.670. The molecule has 2 rings (SSSR count). The van der Waals surface area contributed by atoms with Gasteiger partial charge >= 0.3 is 0 Å². The molecular weight excluding hydrogens is 229 g/mol. The van der Waals surface area contributed by atoms with E-state index in [0.29, 0.717) is 11.1 Å². The summed E-state index contributed by atoms with van der Waals surface area (Å²) in [6.07, 6.45) is 3.17. The van der Waals surface area contributed by atoms with Crippen LogP contribution < -0.4 is 0 Å². The van der Waals surface area contributed by atoms with Crippen molar-refractivity contribution in [3.05, 3.63) is 54.1 Å². The van der Waals surface area contributed by atoms with Crippen molar-refractivity contribution in [2.45, 2.75) is 0 Å². The van der Waals surface area contributed by atoms with Crippen molar-refractivity contribution < 1.29 is 9.18 Å². The Balaban J connectivity index is 2.48. The number of carbonyl (C=O) groups is 1. The van der Waals surface area contributed by atoms with Gasteiger partial charge in [-0.15, -0.1) is 0 Å². The first kappa shape index (κ1) is 10.8. The fourth-order valence-electron chi connectivity index (χ4n) is 1.39. The van der Waals surface area contributed by atoms with Gasteiger partial charge in [0.25, 0.3) is 5.24 Å². The maximum Gasteiger partial charge on any atom is 0.252 e. The van der Waals surface area contributed by atoms with E-state index in [1.807, 2.05) is 0 Å². The van der Waals surface area contributed by atoms with Crippen LogP contribution in [0.4, 0.5) is 4.39 Å². The summed E-state index contributed by atoms with van der Waals surface area (Å²) in [4.78, 5) is 14.7. The van der Waals surface area contributed by atoms with E-state index in [2.05, 4.69) is 4.98 Å². The number of carbonyl (C=O) groups excluding carboxylic acids is 1. The molecule has 0 spiro atoms. The monoisotopic (exact) mass is 235 g/mol. The molecular formula is C12H7ClFNO. The number of rotatable bonds is 2. The largest absolute Gasteiger partial charge is 0.276 e. The van der Waals surface area contributed by atoms with Gasteiger partial charge in [-0.05, 0) is 29.8 Å². The Hall–Kier alpha value is -1.74. The van der Waals surface area contributed by atoms with Crippen molar-refractivity contribution in [2.24, 2.45) is 0 Å². The molecule has 0 aliphatic carbocycles. The lowest BCUT2D eigenvalue weighted by molar-refractivity contribution is 0.108. The zero-order valence-corrected chi connectivity index (χ0v) is 8.91. The van der Waals surface area contributed by atoms with Gasteiger partial charge in [-0.3, -0.25) is 9.78 Å². The zero-order valence-electron chi connectivity index (χ0n) is 8.15. The Labute approximate surface area is 96.7 Å². The lowest BCUT2D eigenvalue weighted by Gasteiger charge is -2.03. The van der Waals surface area contributed by atoms with E-state index in [9.17, 15) is 9.18 Å². The summed E-state index contributed by atoms with van der Waals surface area (Å²) in [6.45, 7) is 0. The number of benzene rings is 1. The van der Waals surface area contributed by atoms with Gasteiger partial charge in [0.2, 0.25) is 0 Å². The molecule has 0 saturated carbocycles. The molecule has 0 amide bonds. The molecule has 2 nitrogen and oxygen atoms in total. The van der Waals surface area contributed by atoms with E-state index in [4.69, 9.17) is 11.6 Å². The first-order valence-electron chi connectivity index (χ1n) is 4.58. The molecule has 0 aliphatic heterocycles. The van der Waals surface area contributed by atoms with E-state index in [-0.39, 0.29) is 5.56 Å². The average Bonchev–Trinajstić information content (AvgIpc) is 2.30. The van der Waals surface area contributed by atoms with Gasteiger partial charge < -0.3 is 0 Å². The van der Waals surface area contributed by atoms with Crippen LogP contribution >= 0.6 is 11.6 Å². The number of halogens is 2. The molecule has 1 aromatic heterocycles. The van der Waals surface area contributed by atoms with Gasteiger partial charge in [0.05, 0.1) is 0 Å². The van der Waals surface area contributed by atoms with Crippen molar-refractivity contribution in [3.8, 4) is 11.1 Å². The van der Waals surface area contributed by atoms with E-state index in [1.165, 1.54) is 12.1 Å². The smallest absolute Gasteiger partial charge is 0.252 e. The summed E-state index contributed by atoms with van der Waals surface area (Å²) in [5.41, 5.74) is 1.20. The Bertz CT molecular complexity index is 528. The van der Waals surface area contributed by atoms with Crippen LogP contribution in [0.1, 0.15) is 10.4 Å². The SMILES string of the molecule is O=C(Cl)c1ccc(-c2cccnc2)c(F)c1. The van der Waals surface area contributed by atoms with Crippen LogP contribution in [-0.2, 0) is 0 Å². The van der Waals surface area contributed by atoms with Gasteiger partial charge in [-0.25, -0.2) is 4.39 Å². The predicted octanol–water partition coefficient (Wildman–Crippen LogP) is 3.27. The summed E-state index contributed by atoms with van der Waals surface area (Å²) in [6, 6.07) is 7.59. The Morgan fingerprint density at radius 2 is 2.12 bits per heavy atom. The maximum absolute atomic E-state index is 13.7. The Morgan fingerprint density at radius 1 is 1.31 bits per heavy atom. The van der Waals surface area contributed by atoms with Crippen molar-refractivity contribution in [1.82, 2.24) is 4.98 Å². The van der Waals surface area contributed by atoms with Crippen LogP contribution in [0.2, 0.25) is 0 Å². The number of hydrogen-bond donors (Lipinski definition) is 0. The Kier molecular flexibility index (Phi) is 2.97. The van der Waals surface area contributed by atoms with Crippen molar-refractivity contribution in [2.75, 3.05) is 0 Å². The quantitative estimate of drug-likeness (QED) is 0.748. The lowest BCUT2D eigenvalue weighted by Crippen LogP contribution is -1.92. The molecule has 0 atom stereocenters. The van der Waals surface area contributed by atoms with Crippen molar-refractivity contribution >= 4 is 16.8 Å². The number of aromatic nitrogens is 1. The third-order valence-corrected chi connectivity index (χ3v) is 2.39. The third kappa shape index (κ3) is 2.09. The standard InChI is InChI=1S/C12H7ClFNO/c13-12(16)8-3-4-10(11(14)6-8)9-2-1-5-15-7-9/h1-7H. The highest BCUT2D eigenvalue weighted by atomic mass is 35.5. The molecule has 1 heterocycles. The summed E-state index contributed by atoms with van der Waals surface area (Å²) in [5, 5.41) is -0.670. The molecule has 0 bridgehead atoms. The molecule has 0 N–H and O–H groups in total. The van der Waals surface area contributed by atoms with Crippen molar-refractivity contribution in [1.29, 1.82) is 0 Å². The summed E-state index contributed by atoms with van der Waals surface area (Å²) in [5.74, 6) is -0.487. The van der Waals surface area contributed by atoms with Gasteiger partial charge in [0, 0.05) is 29.1 Å². The lowest BCUT2D eigenvalue weighted by atomic mass is 10.1. The van der Waals surface area contributed by atoms with E-state index >= 15 is 0 Å². The molecule has 80 valence electrons. The molecule has 4 heteroatoms. The minimum absolute atomic E-state index is 0.145. The average molecular weight is 236 g/mol. The van der Waals surface area contributed by atoms with Crippen LogP contribution in [0.25, 0.3) is 11.1 Å². The second kappa shape index (κ2) is 4.41. The van der Waals surface area contributed by atoms with Crippen molar-refractivity contribution in [3.63, 3.8) is 0 Å². The fraction of sp³-hybridized carbons (Fsp3) is 0. The zero-order chi connectivity index (χ0) is 11.5. The molecule has 0 unspecified atom stereocenters. The number of pyridine rings is 1. The van der Waals surface area contributed by atoms with Gasteiger partial charge in [-0.2, -0.15) is 0 Å². The first-order valence-corrected chi connectivity index (χ1v) is 4.96. The normalized spacial score (nSPS) is 10.1. The van der Waals surface area contributed by atoms with Gasteiger partial charge in [-0.1, -0.05) is 12.1 Å². The van der Waals surface area contributed by atoms with Gasteiger partial charge in [0.15, 0.2) is 0 Å². The third-order valence-electron chi connectivity index (χ3n) is 2.17. The number of hydrogen-bond acceptors (Lipinski definition) is 2. The molecule has 0 fully saturated rings. The highest BCUT2D eigenvalue weighted by Gasteiger charge is 2.08. The van der Waals surface area contributed by atoms with Gasteiger partial charge in [0.1, 0.15) is 5.82 Å². The second-order valence-electron chi connectivity index (χ2n) is 3.21. The van der Waals surface area contributed by atoms with Crippen LogP contribution in [0.5, 0.6) is 0 Å². The van der Waals surface area contributed by atoms with Crippen LogP contribution in [0.15, 0.2) is 42.7 Å². The highest BCUT2D eigenvalue weighted by molar-refractivity contribution is 6.67. The van der Waals surface area contributed by atoms with E-state index < -0.39 is 11.1 Å². The van der Waals surface area contributed by atoms with Crippen LogP contribution in [0.3, 0.4) is 0 Å². The van der Waals surface area contributed by atoms with Crippen LogP contribution in [-0.4, -0.2) is 10.2 Å². The molecule has 0 radical (unpaired) electrons. The summed E-state index contributed by atoms with van der Waals surface area (Å²) < 4.78 is 13.7. The summed E-state index contributed by atoms with van der Waals surface area (Å²) >= 11 is 5.26. The first-order chi connectivity index (χ1) is 7.68. The fourth-order valence-corrected chi connectivity index (χ4v) is 1.51. The minimum Gasteiger partial charge on any atom is -0.276 e. The molecule has 0 aliphatic rings. The molecule has 0 saturated heterocycles. The van der Waals surface area contributed by atoms with E-state index in [1.54, 1.807) is 24.5 Å². The molecule has 16 heavy (non-hydrogen) atoms. The number of nitrogens with zero attached hydrogens (tertiary/aromatic N) is 1. The summed E-state index contributed by atoms with van der Waals surface area (Å²) in [7, 11) is 0. The maximum atomic E-state index is 13.7. The molecule has 2 aromatic rings. The topological polar surface area (TPSA) is 30.0 Å². The van der Waals surface area contributed by atoms with E-state index in [0.717, 1.165) is 6.07 Å². The Morgan fingerprint density at radius 3 is 2.69 bits per heavy atom.